The van der Waals surface area contributed by atoms with Crippen LogP contribution in [0.4, 0.5) is 5.69 Å². The van der Waals surface area contributed by atoms with Crippen LogP contribution >= 0.6 is 11.8 Å². The minimum atomic E-state index is -0.393. The van der Waals surface area contributed by atoms with E-state index in [9.17, 15) is 9.59 Å². The van der Waals surface area contributed by atoms with Gasteiger partial charge in [0, 0.05) is 11.7 Å². The molecule has 2 aromatic carbocycles. The highest BCUT2D eigenvalue weighted by molar-refractivity contribution is 8.05. The lowest BCUT2D eigenvalue weighted by Gasteiger charge is -2.39. The molecule has 3 atom stereocenters. The van der Waals surface area contributed by atoms with Crippen LogP contribution in [0.25, 0.3) is 6.08 Å². The smallest absolute Gasteiger partial charge is 0.344 e. The van der Waals surface area contributed by atoms with Crippen molar-refractivity contribution < 1.29 is 19.1 Å². The molecule has 0 bridgehead atoms. The van der Waals surface area contributed by atoms with E-state index in [2.05, 4.69) is 17.1 Å². The molecule has 4 rings (SSSR count). The van der Waals surface area contributed by atoms with Crippen molar-refractivity contribution in [3.63, 3.8) is 0 Å². The standard InChI is InChI=1S/C27H32N2O4S/c1-3-32-25(30)18-33-22-15-13-20(14-16-22)17-24-26(31)29(23-12-8-7-9-19(23)2)27(34-24)28-21-10-5-4-6-11-21/h4-6,10-11,13-17,19,23,27-28H,3,7-9,12,18H2,1-2H3/b24-17-/t19-,23-,27?/m0/s1. The third-order valence-corrected chi connectivity index (χ3v) is 7.38. The van der Waals surface area contributed by atoms with E-state index in [0.717, 1.165) is 35.4 Å². The number of thioether (sulfide) groups is 1. The molecule has 2 fully saturated rings. The van der Waals surface area contributed by atoms with E-state index in [0.29, 0.717) is 18.3 Å². The second-order valence-corrected chi connectivity index (χ2v) is 9.82. The van der Waals surface area contributed by atoms with Crippen LogP contribution in [0.15, 0.2) is 59.5 Å². The molecule has 1 saturated heterocycles. The summed E-state index contributed by atoms with van der Waals surface area (Å²) in [5, 5.41) is 3.57. The molecule has 1 unspecified atom stereocenters. The Labute approximate surface area is 205 Å². The van der Waals surface area contributed by atoms with Crippen molar-refractivity contribution in [2.45, 2.75) is 51.1 Å². The number of anilines is 1. The summed E-state index contributed by atoms with van der Waals surface area (Å²) in [4.78, 5) is 27.9. The van der Waals surface area contributed by atoms with Gasteiger partial charge in [0.2, 0.25) is 0 Å². The topological polar surface area (TPSA) is 67.9 Å². The Balaban J connectivity index is 1.51. The van der Waals surface area contributed by atoms with Gasteiger partial charge in [-0.15, -0.1) is 0 Å². The molecule has 0 aromatic heterocycles. The van der Waals surface area contributed by atoms with Gasteiger partial charge in [0.25, 0.3) is 5.91 Å². The van der Waals surface area contributed by atoms with E-state index < -0.39 is 5.97 Å². The zero-order valence-corrected chi connectivity index (χ0v) is 20.6. The number of hydrogen-bond acceptors (Lipinski definition) is 6. The number of nitrogens with one attached hydrogen (secondary N) is 1. The SMILES string of the molecule is CCOC(=O)COc1ccc(/C=C2\SC(Nc3ccccc3)N([C@H]3CCCC[C@@H]3C)C2=O)cc1. The molecule has 1 saturated carbocycles. The quantitative estimate of drug-likeness (QED) is 0.396. The van der Waals surface area contributed by atoms with Crippen molar-refractivity contribution >= 4 is 35.4 Å². The van der Waals surface area contributed by atoms with Gasteiger partial charge in [-0.25, -0.2) is 4.79 Å². The average molecular weight is 481 g/mol. The van der Waals surface area contributed by atoms with E-state index in [-0.39, 0.29) is 24.1 Å². The van der Waals surface area contributed by atoms with Gasteiger partial charge in [-0.1, -0.05) is 61.9 Å². The fourth-order valence-corrected chi connectivity index (χ4v) is 5.74. The van der Waals surface area contributed by atoms with Gasteiger partial charge in [-0.3, -0.25) is 4.79 Å². The summed E-state index contributed by atoms with van der Waals surface area (Å²) in [5.74, 6) is 0.755. The van der Waals surface area contributed by atoms with Crippen molar-refractivity contribution in [2.24, 2.45) is 5.92 Å². The number of carbonyl (C=O) groups is 2. The van der Waals surface area contributed by atoms with Gasteiger partial charge in [0.1, 0.15) is 5.75 Å². The molecule has 6 nitrogen and oxygen atoms in total. The molecule has 1 aliphatic heterocycles. The third kappa shape index (κ3) is 5.95. The van der Waals surface area contributed by atoms with E-state index in [1.807, 2.05) is 48.5 Å². The van der Waals surface area contributed by atoms with E-state index in [1.54, 1.807) is 30.8 Å². The molecule has 1 aliphatic carbocycles. The van der Waals surface area contributed by atoms with Crippen LogP contribution in [0.3, 0.4) is 0 Å². The predicted octanol–water partition coefficient (Wildman–Crippen LogP) is 5.52. The number of hydrogen-bond donors (Lipinski definition) is 1. The maximum atomic E-state index is 13.6. The molecule has 0 radical (unpaired) electrons. The normalized spacial score (nSPS) is 23.7. The number of benzene rings is 2. The molecule has 0 spiro atoms. The second-order valence-electron chi connectivity index (χ2n) is 8.69. The highest BCUT2D eigenvalue weighted by Gasteiger charge is 2.42. The van der Waals surface area contributed by atoms with Crippen LogP contribution in [-0.4, -0.2) is 41.5 Å². The monoisotopic (exact) mass is 480 g/mol. The van der Waals surface area contributed by atoms with Crippen molar-refractivity contribution in [1.29, 1.82) is 0 Å². The zero-order chi connectivity index (χ0) is 23.9. The first kappa shape index (κ1) is 24.2. The lowest BCUT2D eigenvalue weighted by molar-refractivity contribution is -0.145. The molecule has 1 amide bonds. The van der Waals surface area contributed by atoms with Crippen LogP contribution in [-0.2, 0) is 14.3 Å². The Kier molecular flexibility index (Phi) is 8.16. The largest absolute Gasteiger partial charge is 0.482 e. The number of carbonyl (C=O) groups excluding carboxylic acids is 2. The molecule has 2 aliphatic rings. The molecular formula is C27H32N2O4S. The van der Waals surface area contributed by atoms with Crippen LogP contribution in [0.5, 0.6) is 5.75 Å². The van der Waals surface area contributed by atoms with Crippen molar-refractivity contribution in [1.82, 2.24) is 4.90 Å². The van der Waals surface area contributed by atoms with Crippen molar-refractivity contribution in [2.75, 3.05) is 18.5 Å². The summed E-state index contributed by atoms with van der Waals surface area (Å²) in [5.41, 5.74) is 1.78. The third-order valence-electron chi connectivity index (χ3n) is 6.26. The summed E-state index contributed by atoms with van der Waals surface area (Å²) in [6, 6.07) is 17.7. The molecule has 2 aromatic rings. The van der Waals surface area contributed by atoms with E-state index in [1.165, 1.54) is 6.42 Å². The summed E-state index contributed by atoms with van der Waals surface area (Å²) < 4.78 is 10.4. The van der Waals surface area contributed by atoms with Crippen molar-refractivity contribution in [3.05, 3.63) is 65.1 Å². The molecule has 7 heteroatoms. The van der Waals surface area contributed by atoms with Crippen LogP contribution < -0.4 is 10.1 Å². The fraction of sp³-hybridized carbons (Fsp3) is 0.407. The van der Waals surface area contributed by atoms with Crippen LogP contribution in [0.2, 0.25) is 0 Å². The number of rotatable bonds is 8. The van der Waals surface area contributed by atoms with E-state index in [4.69, 9.17) is 9.47 Å². The predicted molar refractivity (Wildman–Crippen MR) is 136 cm³/mol. The van der Waals surface area contributed by atoms with Gasteiger partial charge < -0.3 is 19.7 Å². The van der Waals surface area contributed by atoms with Crippen LogP contribution in [0, 0.1) is 5.92 Å². The molecule has 1 N–H and O–H groups in total. The molecular weight excluding hydrogens is 448 g/mol. The van der Waals surface area contributed by atoms with Gasteiger partial charge in [0.05, 0.1) is 11.5 Å². The second kappa shape index (κ2) is 11.5. The Bertz CT molecular complexity index is 1010. The molecule has 34 heavy (non-hydrogen) atoms. The first-order valence-corrected chi connectivity index (χ1v) is 12.8. The maximum absolute atomic E-state index is 13.6. The Morgan fingerprint density at radius 1 is 1.12 bits per heavy atom. The Morgan fingerprint density at radius 2 is 1.85 bits per heavy atom. The van der Waals surface area contributed by atoms with Crippen LogP contribution in [0.1, 0.15) is 45.1 Å². The lowest BCUT2D eigenvalue weighted by Crippen LogP contribution is -2.48. The number of para-hydroxylation sites is 1. The summed E-state index contributed by atoms with van der Waals surface area (Å²) in [6.45, 7) is 4.23. The first-order chi connectivity index (χ1) is 16.5. The zero-order valence-electron chi connectivity index (χ0n) is 19.7. The average Bonchev–Trinajstić information content (AvgIpc) is 3.14. The summed E-state index contributed by atoms with van der Waals surface area (Å²) in [6.07, 6.45) is 6.53. The van der Waals surface area contributed by atoms with Gasteiger partial charge in [-0.05, 0) is 61.6 Å². The van der Waals surface area contributed by atoms with Gasteiger partial charge in [-0.2, -0.15) is 0 Å². The minimum absolute atomic E-state index is 0.0832. The van der Waals surface area contributed by atoms with Gasteiger partial charge >= 0.3 is 5.97 Å². The molecule has 1 heterocycles. The van der Waals surface area contributed by atoms with E-state index >= 15 is 0 Å². The van der Waals surface area contributed by atoms with Gasteiger partial charge in [0.15, 0.2) is 12.1 Å². The number of nitrogens with zero attached hydrogens (tertiary/aromatic N) is 1. The molecule has 180 valence electrons. The number of esters is 1. The highest BCUT2D eigenvalue weighted by Crippen LogP contribution is 2.42. The fourth-order valence-electron chi connectivity index (χ4n) is 4.52. The first-order valence-electron chi connectivity index (χ1n) is 12.0. The Hall–Kier alpha value is -2.93. The summed E-state index contributed by atoms with van der Waals surface area (Å²) in [7, 11) is 0. The summed E-state index contributed by atoms with van der Waals surface area (Å²) >= 11 is 1.57. The maximum Gasteiger partial charge on any atom is 0.344 e. The minimum Gasteiger partial charge on any atom is -0.482 e. The van der Waals surface area contributed by atoms with Crippen molar-refractivity contribution in [3.8, 4) is 5.75 Å². The Morgan fingerprint density at radius 3 is 2.56 bits per heavy atom. The number of amides is 1. The highest BCUT2D eigenvalue weighted by atomic mass is 32.2. The lowest BCUT2D eigenvalue weighted by atomic mass is 9.85. The number of ether oxygens (including phenoxy) is 2.